The number of benzene rings is 2. The topological polar surface area (TPSA) is 184 Å². The third-order valence-corrected chi connectivity index (χ3v) is 6.26. The number of carboxylic acid groups (broad SMARTS) is 1. The quantitative estimate of drug-likeness (QED) is 0.201. The van der Waals surface area contributed by atoms with Gasteiger partial charge >= 0.3 is 20.2 Å². The summed E-state index contributed by atoms with van der Waals surface area (Å²) in [5, 5.41) is 36.4. The van der Waals surface area contributed by atoms with Crippen molar-refractivity contribution >= 4 is 48.9 Å². The van der Waals surface area contributed by atoms with Crippen LogP contribution in [0.1, 0.15) is 45.2 Å². The van der Waals surface area contributed by atoms with Crippen molar-refractivity contribution in [2.45, 2.75) is 32.1 Å². The summed E-state index contributed by atoms with van der Waals surface area (Å²) in [6.07, 6.45) is -0.329. The summed E-state index contributed by atoms with van der Waals surface area (Å²) in [6.45, 7) is 1.32. The Labute approximate surface area is 212 Å². The van der Waals surface area contributed by atoms with Gasteiger partial charge < -0.3 is 40.4 Å². The van der Waals surface area contributed by atoms with Crippen LogP contribution in [0.25, 0.3) is 0 Å². The number of aliphatic carboxylic acids is 1. The molecule has 0 aliphatic carbocycles. The maximum atomic E-state index is 13.1. The van der Waals surface area contributed by atoms with Crippen LogP contribution in [-0.4, -0.2) is 71.7 Å². The SMILES string of the molecule is C[C@](CNC(=O)c1ccc2c(c1)B(O)OC2)(NC(=O)c1ccc2c(c1)B(O)OC2)C(=O)NCCC(=O)O. The molecule has 3 amide bonds. The van der Waals surface area contributed by atoms with Gasteiger partial charge in [-0.3, -0.25) is 19.2 Å². The first-order valence-corrected chi connectivity index (χ1v) is 11.5. The van der Waals surface area contributed by atoms with Gasteiger partial charge in [0.15, 0.2) is 0 Å². The fraction of sp³-hybridized carbons (Fsp3) is 0.304. The monoisotopic (exact) mass is 509 g/mol. The number of amides is 3. The van der Waals surface area contributed by atoms with E-state index in [1.165, 1.54) is 25.1 Å². The number of hydrogen-bond donors (Lipinski definition) is 6. The summed E-state index contributed by atoms with van der Waals surface area (Å²) in [7, 11) is -2.30. The van der Waals surface area contributed by atoms with Gasteiger partial charge in [0.2, 0.25) is 5.91 Å². The predicted molar refractivity (Wildman–Crippen MR) is 131 cm³/mol. The summed E-state index contributed by atoms with van der Waals surface area (Å²) in [5.74, 6) is -3.02. The molecule has 0 saturated carbocycles. The molecule has 14 heteroatoms. The molecule has 0 bridgehead atoms. The molecule has 0 spiro atoms. The largest absolute Gasteiger partial charge is 0.491 e. The average molecular weight is 509 g/mol. The van der Waals surface area contributed by atoms with E-state index >= 15 is 0 Å². The second-order valence-electron chi connectivity index (χ2n) is 9.02. The lowest BCUT2D eigenvalue weighted by atomic mass is 9.78. The second-order valence-corrected chi connectivity index (χ2v) is 9.02. The van der Waals surface area contributed by atoms with Gasteiger partial charge in [0, 0.05) is 24.2 Å². The van der Waals surface area contributed by atoms with Crippen molar-refractivity contribution in [2.24, 2.45) is 0 Å². The van der Waals surface area contributed by atoms with E-state index in [1.807, 2.05) is 0 Å². The fourth-order valence-electron chi connectivity index (χ4n) is 4.05. The lowest BCUT2D eigenvalue weighted by molar-refractivity contribution is -0.137. The number of hydrogen-bond acceptors (Lipinski definition) is 8. The van der Waals surface area contributed by atoms with Crippen LogP contribution in [-0.2, 0) is 32.1 Å². The number of carboxylic acids is 1. The predicted octanol–water partition coefficient (Wildman–Crippen LogP) is -2.37. The Balaban J connectivity index is 1.50. The lowest BCUT2D eigenvalue weighted by Crippen LogP contribution is -2.62. The Morgan fingerprint density at radius 1 is 0.892 bits per heavy atom. The Morgan fingerprint density at radius 3 is 1.97 bits per heavy atom. The first kappa shape index (κ1) is 26.4. The first-order chi connectivity index (χ1) is 17.6. The Kier molecular flexibility index (Phi) is 7.64. The third kappa shape index (κ3) is 5.83. The molecule has 0 saturated heterocycles. The zero-order valence-corrected chi connectivity index (χ0v) is 19.9. The van der Waals surface area contributed by atoms with Crippen LogP contribution in [0.5, 0.6) is 0 Å². The van der Waals surface area contributed by atoms with Gasteiger partial charge in [0.25, 0.3) is 11.8 Å². The molecular weight excluding hydrogens is 484 g/mol. The molecule has 192 valence electrons. The lowest BCUT2D eigenvalue weighted by Gasteiger charge is -2.30. The van der Waals surface area contributed by atoms with Gasteiger partial charge in [-0.15, -0.1) is 0 Å². The van der Waals surface area contributed by atoms with Crippen molar-refractivity contribution in [2.75, 3.05) is 13.1 Å². The van der Waals surface area contributed by atoms with Crippen LogP contribution in [0, 0.1) is 0 Å². The van der Waals surface area contributed by atoms with Gasteiger partial charge in [-0.1, -0.05) is 12.1 Å². The van der Waals surface area contributed by atoms with E-state index in [4.69, 9.17) is 14.4 Å². The molecule has 12 nitrogen and oxygen atoms in total. The van der Waals surface area contributed by atoms with Gasteiger partial charge in [0.05, 0.1) is 19.6 Å². The minimum Gasteiger partial charge on any atom is -0.481 e. The maximum absolute atomic E-state index is 13.1. The summed E-state index contributed by atoms with van der Waals surface area (Å²) in [4.78, 5) is 49.8. The molecule has 2 aromatic rings. The van der Waals surface area contributed by atoms with Crippen LogP contribution in [0.4, 0.5) is 0 Å². The number of carbonyl (C=O) groups excluding carboxylic acids is 3. The highest BCUT2D eigenvalue weighted by Gasteiger charge is 2.37. The molecule has 0 aromatic heterocycles. The molecule has 2 aliphatic heterocycles. The minimum absolute atomic E-state index is 0.159. The molecule has 2 aromatic carbocycles. The van der Waals surface area contributed by atoms with E-state index < -0.39 is 43.5 Å². The highest BCUT2D eigenvalue weighted by atomic mass is 16.5. The maximum Gasteiger partial charge on any atom is 0.491 e. The minimum atomic E-state index is -1.67. The molecule has 4 rings (SSSR count). The van der Waals surface area contributed by atoms with Crippen LogP contribution < -0.4 is 26.9 Å². The molecule has 6 N–H and O–H groups in total. The molecule has 1 atom stereocenters. The van der Waals surface area contributed by atoms with E-state index in [2.05, 4.69) is 16.0 Å². The van der Waals surface area contributed by atoms with Gasteiger partial charge in [-0.25, -0.2) is 0 Å². The van der Waals surface area contributed by atoms with Gasteiger partial charge in [-0.05, 0) is 53.2 Å². The normalized spacial score (nSPS) is 15.4. The molecule has 2 heterocycles. The summed E-state index contributed by atoms with van der Waals surface area (Å²) in [5.41, 5.74) is 1.11. The van der Waals surface area contributed by atoms with Crippen LogP contribution in [0.15, 0.2) is 36.4 Å². The van der Waals surface area contributed by atoms with Crippen molar-refractivity contribution in [1.29, 1.82) is 0 Å². The van der Waals surface area contributed by atoms with E-state index in [-0.39, 0.29) is 43.9 Å². The molecule has 2 aliphatic rings. The highest BCUT2D eigenvalue weighted by molar-refractivity contribution is 6.62. The van der Waals surface area contributed by atoms with Gasteiger partial charge in [0.1, 0.15) is 5.54 Å². The van der Waals surface area contributed by atoms with E-state index in [0.29, 0.717) is 10.9 Å². The standard InChI is InChI=1S/C23H25B2N3O9/c1-23(22(33)26-7-6-19(29)30,28-21(32)14-3-5-16-11-37-25(35)18(16)9-14)12-27-20(31)13-2-4-15-10-36-24(34)17(15)8-13/h2-5,8-9,34-35H,6-7,10-12H2,1H3,(H,26,33)(H,27,31)(H,28,32)(H,29,30)/t23-/m1/s1. The van der Waals surface area contributed by atoms with Crippen molar-refractivity contribution in [3.63, 3.8) is 0 Å². The number of carbonyl (C=O) groups is 4. The van der Waals surface area contributed by atoms with Crippen LogP contribution in [0.3, 0.4) is 0 Å². The van der Waals surface area contributed by atoms with Crippen LogP contribution in [0.2, 0.25) is 0 Å². The van der Waals surface area contributed by atoms with E-state index in [0.717, 1.165) is 11.1 Å². The molecule has 0 unspecified atom stereocenters. The molecule has 0 fully saturated rings. The first-order valence-electron chi connectivity index (χ1n) is 11.5. The molecular formula is C23H25B2N3O9. The summed E-state index contributed by atoms with van der Waals surface area (Å²) < 4.78 is 10.3. The fourth-order valence-corrected chi connectivity index (χ4v) is 4.05. The molecule has 37 heavy (non-hydrogen) atoms. The number of nitrogens with one attached hydrogen (secondary N) is 3. The zero-order chi connectivity index (χ0) is 26.7. The number of rotatable bonds is 9. The Morgan fingerprint density at radius 2 is 1.43 bits per heavy atom. The average Bonchev–Trinajstić information content (AvgIpc) is 3.43. The molecule has 0 radical (unpaired) electrons. The van der Waals surface area contributed by atoms with E-state index in [9.17, 15) is 29.2 Å². The van der Waals surface area contributed by atoms with Gasteiger partial charge in [-0.2, -0.15) is 0 Å². The van der Waals surface area contributed by atoms with Crippen molar-refractivity contribution in [3.05, 3.63) is 58.7 Å². The Hall–Kier alpha value is -3.71. The third-order valence-electron chi connectivity index (χ3n) is 6.26. The smallest absolute Gasteiger partial charge is 0.481 e. The number of fused-ring (bicyclic) bond motifs is 2. The summed E-state index contributed by atoms with van der Waals surface area (Å²) >= 11 is 0. The van der Waals surface area contributed by atoms with Crippen molar-refractivity contribution < 1.29 is 43.6 Å². The van der Waals surface area contributed by atoms with Crippen molar-refractivity contribution in [3.8, 4) is 0 Å². The highest BCUT2D eigenvalue weighted by Crippen LogP contribution is 2.14. The Bertz CT molecular complexity index is 1260. The van der Waals surface area contributed by atoms with E-state index in [1.54, 1.807) is 18.2 Å². The van der Waals surface area contributed by atoms with Crippen molar-refractivity contribution in [1.82, 2.24) is 16.0 Å². The van der Waals surface area contributed by atoms with Crippen LogP contribution >= 0.6 is 0 Å². The summed E-state index contributed by atoms with van der Waals surface area (Å²) in [6, 6.07) is 9.32. The zero-order valence-electron chi connectivity index (χ0n) is 19.9. The second kappa shape index (κ2) is 10.7.